The molecule has 0 fully saturated rings. The number of aromatic nitrogens is 4. The molecular weight excluding hydrogens is 256 g/mol. The quantitative estimate of drug-likeness (QED) is 0.893. The molecule has 8 heteroatoms. The molecule has 0 aromatic carbocycles. The molecule has 6 nitrogen and oxygen atoms in total. The Morgan fingerprint density at radius 3 is 2.89 bits per heavy atom. The van der Waals surface area contributed by atoms with Gasteiger partial charge in [-0.25, -0.2) is 4.68 Å². The monoisotopic (exact) mass is 269 g/mol. The molecule has 0 aliphatic rings. The summed E-state index contributed by atoms with van der Waals surface area (Å²) >= 11 is 0. The molecule has 0 aliphatic heterocycles. The molecule has 0 unspecified atom stereocenters. The number of amides is 1. The highest BCUT2D eigenvalue weighted by Crippen LogP contribution is 2.08. The summed E-state index contributed by atoms with van der Waals surface area (Å²) in [6, 6.07) is 3.03. The van der Waals surface area contributed by atoms with E-state index in [-0.39, 0.29) is 12.2 Å². The molecule has 0 atom stereocenters. The summed E-state index contributed by atoms with van der Waals surface area (Å²) < 4.78 is 26.8. The van der Waals surface area contributed by atoms with Crippen molar-refractivity contribution in [3.63, 3.8) is 0 Å². The van der Waals surface area contributed by atoms with Crippen LogP contribution in [0.4, 0.5) is 8.78 Å². The molecule has 102 valence electrons. The Kier molecular flexibility index (Phi) is 3.88. The molecule has 0 aliphatic carbocycles. The number of halogens is 2. The number of hydrogen-bond donors (Lipinski definition) is 1. The predicted molar refractivity (Wildman–Crippen MR) is 62.6 cm³/mol. The van der Waals surface area contributed by atoms with Gasteiger partial charge in [0.25, 0.3) is 5.91 Å². The van der Waals surface area contributed by atoms with E-state index in [4.69, 9.17) is 0 Å². The van der Waals surface area contributed by atoms with Crippen LogP contribution in [-0.4, -0.2) is 25.5 Å². The molecular formula is C11H13F2N5O. The summed E-state index contributed by atoms with van der Waals surface area (Å²) in [5, 5.41) is 10.2. The largest absolute Gasteiger partial charge is 0.345 e. The van der Waals surface area contributed by atoms with Gasteiger partial charge >= 0.3 is 6.55 Å². The minimum Gasteiger partial charge on any atom is -0.345 e. The molecule has 0 bridgehead atoms. The van der Waals surface area contributed by atoms with Gasteiger partial charge in [0, 0.05) is 18.9 Å². The number of alkyl halides is 2. The third-order valence-corrected chi connectivity index (χ3v) is 2.58. The number of nitrogens with one attached hydrogen (secondary N) is 1. The van der Waals surface area contributed by atoms with Gasteiger partial charge in [-0.3, -0.25) is 9.48 Å². The van der Waals surface area contributed by atoms with E-state index in [0.29, 0.717) is 11.2 Å². The third-order valence-electron chi connectivity index (χ3n) is 2.58. The van der Waals surface area contributed by atoms with Crippen molar-refractivity contribution in [2.45, 2.75) is 26.6 Å². The van der Waals surface area contributed by atoms with E-state index in [1.165, 1.54) is 6.07 Å². The van der Waals surface area contributed by atoms with E-state index >= 15 is 0 Å². The number of carbonyl (C=O) groups excluding carboxylic acids is 1. The number of aryl methyl sites for hydroxylation is 1. The summed E-state index contributed by atoms with van der Waals surface area (Å²) in [6.07, 6.45) is 2.70. The highest BCUT2D eigenvalue weighted by Gasteiger charge is 2.13. The minimum atomic E-state index is -2.75. The maximum absolute atomic E-state index is 12.3. The van der Waals surface area contributed by atoms with Crippen LogP contribution in [0.1, 0.15) is 29.7 Å². The third kappa shape index (κ3) is 2.95. The first-order valence-electron chi connectivity index (χ1n) is 5.74. The Morgan fingerprint density at radius 2 is 2.26 bits per heavy atom. The molecule has 2 heterocycles. The van der Waals surface area contributed by atoms with E-state index in [9.17, 15) is 13.6 Å². The molecule has 2 rings (SSSR count). The van der Waals surface area contributed by atoms with Crippen molar-refractivity contribution in [2.75, 3.05) is 0 Å². The minimum absolute atomic E-state index is 0.0390. The number of carbonyl (C=O) groups is 1. The van der Waals surface area contributed by atoms with Gasteiger partial charge in [-0.15, -0.1) is 0 Å². The fraction of sp³-hybridized carbons (Fsp3) is 0.364. The maximum atomic E-state index is 12.3. The SMILES string of the molecule is CCn1nccc1CNC(=O)c1ccn(C(F)F)n1. The molecule has 2 aromatic heterocycles. The fourth-order valence-electron chi connectivity index (χ4n) is 1.62. The molecule has 0 radical (unpaired) electrons. The summed E-state index contributed by atoms with van der Waals surface area (Å²) in [4.78, 5) is 11.7. The van der Waals surface area contributed by atoms with E-state index < -0.39 is 12.5 Å². The van der Waals surface area contributed by atoms with E-state index in [1.807, 2.05) is 6.92 Å². The zero-order valence-electron chi connectivity index (χ0n) is 10.3. The highest BCUT2D eigenvalue weighted by atomic mass is 19.3. The smallest absolute Gasteiger partial charge is 0.333 e. The molecule has 2 aromatic rings. The van der Waals surface area contributed by atoms with Gasteiger partial charge in [0.15, 0.2) is 0 Å². The lowest BCUT2D eigenvalue weighted by atomic mass is 10.3. The lowest BCUT2D eigenvalue weighted by Crippen LogP contribution is -2.25. The molecule has 0 saturated heterocycles. The standard InChI is InChI=1S/C11H13F2N5O/c1-2-17-8(3-5-15-17)7-14-10(19)9-4-6-18(16-9)11(12)13/h3-6,11H,2,7H2,1H3,(H,14,19). The van der Waals surface area contributed by atoms with Crippen molar-refractivity contribution in [1.82, 2.24) is 24.9 Å². The van der Waals surface area contributed by atoms with Gasteiger partial charge in [0.1, 0.15) is 5.69 Å². The molecule has 1 amide bonds. The highest BCUT2D eigenvalue weighted by molar-refractivity contribution is 5.92. The molecule has 1 N–H and O–H groups in total. The van der Waals surface area contributed by atoms with Crippen LogP contribution in [0.2, 0.25) is 0 Å². The van der Waals surface area contributed by atoms with Gasteiger partial charge in [-0.05, 0) is 19.1 Å². The van der Waals surface area contributed by atoms with Crippen molar-refractivity contribution in [3.05, 3.63) is 35.9 Å². The average Bonchev–Trinajstić information content (AvgIpc) is 3.04. The maximum Gasteiger partial charge on any atom is 0.333 e. The van der Waals surface area contributed by atoms with Crippen molar-refractivity contribution >= 4 is 5.91 Å². The molecule has 0 spiro atoms. The first-order valence-corrected chi connectivity index (χ1v) is 5.74. The normalized spacial score (nSPS) is 10.9. The zero-order valence-corrected chi connectivity index (χ0v) is 10.3. The van der Waals surface area contributed by atoms with Crippen LogP contribution in [0, 0.1) is 0 Å². The van der Waals surface area contributed by atoms with Crippen molar-refractivity contribution < 1.29 is 13.6 Å². The number of nitrogens with zero attached hydrogens (tertiary/aromatic N) is 4. The second-order valence-corrected chi connectivity index (χ2v) is 3.78. The van der Waals surface area contributed by atoms with Gasteiger partial charge in [-0.2, -0.15) is 19.0 Å². The van der Waals surface area contributed by atoms with Gasteiger partial charge < -0.3 is 5.32 Å². The van der Waals surface area contributed by atoms with Crippen molar-refractivity contribution in [1.29, 1.82) is 0 Å². The Labute approximate surface area is 108 Å². The molecule has 19 heavy (non-hydrogen) atoms. The topological polar surface area (TPSA) is 64.7 Å². The second-order valence-electron chi connectivity index (χ2n) is 3.78. The summed E-state index contributed by atoms with van der Waals surface area (Å²) in [6.45, 7) is 0.151. The van der Waals surface area contributed by atoms with Crippen molar-refractivity contribution in [2.24, 2.45) is 0 Å². The van der Waals surface area contributed by atoms with Crippen LogP contribution in [0.3, 0.4) is 0 Å². The van der Waals surface area contributed by atoms with E-state index in [2.05, 4.69) is 15.5 Å². The summed E-state index contributed by atoms with van der Waals surface area (Å²) in [7, 11) is 0. The molecule has 0 saturated carbocycles. The second kappa shape index (κ2) is 5.59. The number of rotatable bonds is 5. The van der Waals surface area contributed by atoms with Crippen LogP contribution in [0.5, 0.6) is 0 Å². The van der Waals surface area contributed by atoms with Crippen LogP contribution in [-0.2, 0) is 13.1 Å². The summed E-state index contributed by atoms with van der Waals surface area (Å²) in [5.74, 6) is -0.497. The van der Waals surface area contributed by atoms with Crippen LogP contribution in [0.25, 0.3) is 0 Å². The zero-order chi connectivity index (χ0) is 13.8. The van der Waals surface area contributed by atoms with Gasteiger partial charge in [0.2, 0.25) is 0 Å². The Hall–Kier alpha value is -2.25. The summed E-state index contributed by atoms with van der Waals surface area (Å²) in [5.41, 5.74) is 0.798. The van der Waals surface area contributed by atoms with Crippen molar-refractivity contribution in [3.8, 4) is 0 Å². The first kappa shape index (κ1) is 13.2. The van der Waals surface area contributed by atoms with Crippen LogP contribution in [0.15, 0.2) is 24.5 Å². The Bertz CT molecular complexity index is 563. The first-order chi connectivity index (χ1) is 9.11. The van der Waals surface area contributed by atoms with E-state index in [0.717, 1.165) is 11.9 Å². The lowest BCUT2D eigenvalue weighted by molar-refractivity contribution is 0.0560. The van der Waals surface area contributed by atoms with Gasteiger partial charge in [-0.1, -0.05) is 0 Å². The average molecular weight is 269 g/mol. The Morgan fingerprint density at radius 1 is 1.47 bits per heavy atom. The lowest BCUT2D eigenvalue weighted by Gasteiger charge is -2.05. The van der Waals surface area contributed by atoms with Crippen LogP contribution >= 0.6 is 0 Å². The predicted octanol–water partition coefficient (Wildman–Crippen LogP) is 1.42. The number of hydrogen-bond acceptors (Lipinski definition) is 3. The van der Waals surface area contributed by atoms with Gasteiger partial charge in [0.05, 0.1) is 12.2 Å². The van der Waals surface area contributed by atoms with Crippen LogP contribution < -0.4 is 5.32 Å². The Balaban J connectivity index is 1.97. The van der Waals surface area contributed by atoms with E-state index in [1.54, 1.807) is 16.9 Å². The fourth-order valence-corrected chi connectivity index (χ4v) is 1.62.